The highest BCUT2D eigenvalue weighted by molar-refractivity contribution is 8.00. The zero-order valence-corrected chi connectivity index (χ0v) is 12.9. The number of aromatic nitrogens is 3. The number of aromatic amines is 1. The number of anilines is 1. The summed E-state index contributed by atoms with van der Waals surface area (Å²) in [6, 6.07) is 11.5. The molecular weight excluding hydrogens is 296 g/mol. The number of carbonyl (C=O) groups excluding carboxylic acids is 1. The highest BCUT2D eigenvalue weighted by Crippen LogP contribution is 2.26. The van der Waals surface area contributed by atoms with Crippen molar-refractivity contribution in [3.05, 3.63) is 48.8 Å². The number of thioether (sulfide) groups is 1. The zero-order chi connectivity index (χ0) is 15.4. The number of pyridine rings is 1. The van der Waals surface area contributed by atoms with E-state index in [1.807, 2.05) is 37.3 Å². The molecule has 0 bridgehead atoms. The summed E-state index contributed by atoms with van der Waals surface area (Å²) >= 11 is 1.44. The first-order valence-corrected chi connectivity index (χ1v) is 7.96. The van der Waals surface area contributed by atoms with E-state index in [1.165, 1.54) is 11.8 Å². The van der Waals surface area contributed by atoms with Crippen LogP contribution in [0.2, 0.25) is 0 Å². The molecule has 0 saturated heterocycles. The highest BCUT2D eigenvalue weighted by Gasteiger charge is 2.19. The lowest BCUT2D eigenvalue weighted by Crippen LogP contribution is -2.24. The summed E-state index contributed by atoms with van der Waals surface area (Å²) in [6.07, 6.45) is 4.03. The quantitative estimate of drug-likeness (QED) is 0.708. The molecule has 0 radical (unpaired) electrons. The fourth-order valence-electron chi connectivity index (χ4n) is 2.10. The van der Waals surface area contributed by atoms with Crippen molar-refractivity contribution in [2.45, 2.75) is 23.8 Å². The molecule has 0 aliphatic carbocycles. The molecule has 1 atom stereocenters. The number of benzene rings is 1. The molecule has 2 aromatic heterocycles. The molecule has 2 N–H and O–H groups in total. The van der Waals surface area contributed by atoms with Crippen molar-refractivity contribution in [2.24, 2.45) is 0 Å². The van der Waals surface area contributed by atoms with Crippen molar-refractivity contribution in [3.63, 3.8) is 0 Å². The number of carbonyl (C=O) groups is 1. The fourth-order valence-corrected chi connectivity index (χ4v) is 3.02. The molecule has 1 unspecified atom stereocenters. The Balaban J connectivity index is 1.72. The van der Waals surface area contributed by atoms with Gasteiger partial charge in [-0.2, -0.15) is 0 Å². The van der Waals surface area contributed by atoms with Gasteiger partial charge in [-0.1, -0.05) is 30.8 Å². The molecule has 5 nitrogen and oxygen atoms in total. The lowest BCUT2D eigenvalue weighted by molar-refractivity contribution is -0.115. The van der Waals surface area contributed by atoms with Crippen LogP contribution in [-0.4, -0.2) is 26.1 Å². The van der Waals surface area contributed by atoms with Crippen molar-refractivity contribution in [1.82, 2.24) is 15.0 Å². The van der Waals surface area contributed by atoms with Crippen molar-refractivity contribution < 1.29 is 4.79 Å². The van der Waals surface area contributed by atoms with Gasteiger partial charge in [0.05, 0.1) is 28.2 Å². The van der Waals surface area contributed by atoms with Crippen molar-refractivity contribution >= 4 is 34.4 Å². The number of H-pyrrole nitrogens is 1. The van der Waals surface area contributed by atoms with Crippen LogP contribution in [0.5, 0.6) is 0 Å². The molecule has 6 heteroatoms. The summed E-state index contributed by atoms with van der Waals surface area (Å²) in [5, 5.41) is 3.43. The third kappa shape index (κ3) is 3.28. The Hall–Kier alpha value is -2.34. The number of imidazole rings is 1. The molecule has 0 saturated carbocycles. The minimum atomic E-state index is -0.208. The van der Waals surface area contributed by atoms with Gasteiger partial charge in [-0.25, -0.2) is 4.98 Å². The summed E-state index contributed by atoms with van der Waals surface area (Å²) in [6.45, 7) is 1.99. The van der Waals surface area contributed by atoms with Crippen LogP contribution in [0.25, 0.3) is 11.0 Å². The van der Waals surface area contributed by atoms with E-state index in [0.29, 0.717) is 12.1 Å². The zero-order valence-electron chi connectivity index (χ0n) is 12.1. The largest absolute Gasteiger partial charge is 0.333 e. The predicted octanol–water partition coefficient (Wildman–Crippen LogP) is 3.47. The number of para-hydroxylation sites is 2. The number of rotatable bonds is 5. The third-order valence-corrected chi connectivity index (χ3v) is 4.46. The van der Waals surface area contributed by atoms with Crippen LogP contribution >= 0.6 is 11.8 Å². The third-order valence-electron chi connectivity index (χ3n) is 3.21. The second-order valence-corrected chi connectivity index (χ2v) is 6.00. The number of fused-ring (bicyclic) bond motifs is 1. The average Bonchev–Trinajstić information content (AvgIpc) is 2.96. The molecule has 22 heavy (non-hydrogen) atoms. The second kappa shape index (κ2) is 6.62. The summed E-state index contributed by atoms with van der Waals surface area (Å²) in [7, 11) is 0. The molecule has 0 spiro atoms. The van der Waals surface area contributed by atoms with Crippen LogP contribution < -0.4 is 5.32 Å². The van der Waals surface area contributed by atoms with Gasteiger partial charge in [0.1, 0.15) is 0 Å². The van der Waals surface area contributed by atoms with E-state index in [4.69, 9.17) is 0 Å². The van der Waals surface area contributed by atoms with Crippen molar-refractivity contribution in [3.8, 4) is 0 Å². The van der Waals surface area contributed by atoms with E-state index < -0.39 is 0 Å². The topological polar surface area (TPSA) is 70.7 Å². The Kier molecular flexibility index (Phi) is 4.39. The van der Waals surface area contributed by atoms with E-state index in [0.717, 1.165) is 16.2 Å². The normalized spacial score (nSPS) is 12.2. The Morgan fingerprint density at radius 1 is 1.32 bits per heavy atom. The number of nitrogens with zero attached hydrogens (tertiary/aromatic N) is 2. The molecule has 112 valence electrons. The van der Waals surface area contributed by atoms with Gasteiger partial charge in [0.15, 0.2) is 5.16 Å². The molecule has 1 amide bonds. The average molecular weight is 312 g/mol. The van der Waals surface area contributed by atoms with Crippen molar-refractivity contribution in [1.29, 1.82) is 0 Å². The van der Waals surface area contributed by atoms with E-state index in [2.05, 4.69) is 20.3 Å². The number of amides is 1. The van der Waals surface area contributed by atoms with Crippen molar-refractivity contribution in [2.75, 3.05) is 5.32 Å². The molecule has 3 rings (SSSR count). The van der Waals surface area contributed by atoms with Crippen LogP contribution in [0.1, 0.15) is 13.3 Å². The predicted molar refractivity (Wildman–Crippen MR) is 88.9 cm³/mol. The van der Waals surface area contributed by atoms with Gasteiger partial charge in [0.2, 0.25) is 5.91 Å². The Labute approximate surface area is 132 Å². The van der Waals surface area contributed by atoms with Gasteiger partial charge in [-0.3, -0.25) is 9.78 Å². The van der Waals surface area contributed by atoms with Gasteiger partial charge < -0.3 is 10.3 Å². The standard InChI is InChI=1S/C16H16N4OS/c1-2-14(15(21)18-11-6-5-9-17-10-11)22-16-19-12-7-3-4-8-13(12)20-16/h3-10,14H,2H2,1H3,(H,18,21)(H,19,20). The van der Waals surface area contributed by atoms with Crippen LogP contribution in [0, 0.1) is 0 Å². The van der Waals surface area contributed by atoms with E-state index in [1.54, 1.807) is 18.5 Å². The minimum Gasteiger partial charge on any atom is -0.333 e. The monoisotopic (exact) mass is 312 g/mol. The summed E-state index contributed by atoms with van der Waals surface area (Å²) < 4.78 is 0. The first kappa shape index (κ1) is 14.6. The first-order chi connectivity index (χ1) is 10.8. The van der Waals surface area contributed by atoms with Gasteiger partial charge >= 0.3 is 0 Å². The number of nitrogens with one attached hydrogen (secondary N) is 2. The Morgan fingerprint density at radius 2 is 2.18 bits per heavy atom. The number of hydrogen-bond acceptors (Lipinski definition) is 4. The first-order valence-electron chi connectivity index (χ1n) is 7.08. The van der Waals surface area contributed by atoms with Gasteiger partial charge in [-0.15, -0.1) is 0 Å². The lowest BCUT2D eigenvalue weighted by atomic mass is 10.3. The molecule has 0 fully saturated rings. The molecule has 0 aliphatic heterocycles. The smallest absolute Gasteiger partial charge is 0.238 e. The van der Waals surface area contributed by atoms with Crippen LogP contribution in [0.4, 0.5) is 5.69 Å². The molecule has 0 aliphatic rings. The summed E-state index contributed by atoms with van der Waals surface area (Å²) in [4.78, 5) is 24.1. The summed E-state index contributed by atoms with van der Waals surface area (Å²) in [5.41, 5.74) is 2.59. The van der Waals surface area contributed by atoms with E-state index >= 15 is 0 Å². The van der Waals surface area contributed by atoms with E-state index in [-0.39, 0.29) is 11.2 Å². The van der Waals surface area contributed by atoms with Crippen LogP contribution in [-0.2, 0) is 4.79 Å². The maximum Gasteiger partial charge on any atom is 0.238 e. The van der Waals surface area contributed by atoms with E-state index in [9.17, 15) is 4.79 Å². The maximum atomic E-state index is 12.4. The minimum absolute atomic E-state index is 0.0408. The Bertz CT molecular complexity index is 739. The summed E-state index contributed by atoms with van der Waals surface area (Å²) in [5.74, 6) is -0.0408. The second-order valence-electron chi connectivity index (χ2n) is 4.80. The van der Waals surface area contributed by atoms with Crippen LogP contribution in [0.3, 0.4) is 0 Å². The van der Waals surface area contributed by atoms with Gasteiger partial charge in [0, 0.05) is 6.20 Å². The lowest BCUT2D eigenvalue weighted by Gasteiger charge is -2.12. The SMILES string of the molecule is CCC(Sc1nc2ccccc2[nH]1)C(=O)Nc1cccnc1. The molecule has 2 heterocycles. The van der Waals surface area contributed by atoms with Crippen LogP contribution in [0.15, 0.2) is 53.9 Å². The van der Waals surface area contributed by atoms with Gasteiger partial charge in [-0.05, 0) is 30.7 Å². The molecule has 3 aromatic rings. The highest BCUT2D eigenvalue weighted by atomic mass is 32.2. The molecule has 1 aromatic carbocycles. The number of hydrogen-bond donors (Lipinski definition) is 2. The Morgan fingerprint density at radius 3 is 2.91 bits per heavy atom. The maximum absolute atomic E-state index is 12.4. The fraction of sp³-hybridized carbons (Fsp3) is 0.188. The molecular formula is C16H16N4OS. The van der Waals surface area contributed by atoms with Gasteiger partial charge in [0.25, 0.3) is 0 Å².